The van der Waals surface area contributed by atoms with Crippen molar-refractivity contribution in [3.8, 4) is 0 Å². The summed E-state index contributed by atoms with van der Waals surface area (Å²) in [5.41, 5.74) is 2.44. The first-order chi connectivity index (χ1) is 16.1. The Morgan fingerprint density at radius 1 is 1.21 bits per heavy atom. The van der Waals surface area contributed by atoms with Crippen molar-refractivity contribution in [2.45, 2.75) is 52.2 Å². The Morgan fingerprint density at radius 2 is 1.94 bits per heavy atom. The Balaban J connectivity index is 1.64. The number of amides is 2. The van der Waals surface area contributed by atoms with E-state index in [1.807, 2.05) is 56.2 Å². The molecule has 9 heteroatoms. The van der Waals surface area contributed by atoms with Crippen LogP contribution in [-0.4, -0.2) is 27.4 Å². The number of rotatable bonds is 6. The maximum Gasteiger partial charge on any atom is 0.251 e. The number of furan rings is 1. The summed E-state index contributed by atoms with van der Waals surface area (Å²) in [5.74, 6) is 0.347. The van der Waals surface area contributed by atoms with Crippen LogP contribution in [0.25, 0.3) is 0 Å². The number of carbonyl (C=O) groups excluding carboxylic acids is 2. The second-order valence-corrected chi connectivity index (χ2v) is 10.5. The lowest BCUT2D eigenvalue weighted by Crippen LogP contribution is -2.45. The second kappa shape index (κ2) is 9.72. The molecular weight excluding hydrogens is 472 g/mol. The van der Waals surface area contributed by atoms with Gasteiger partial charge in [-0.2, -0.15) is 0 Å². The van der Waals surface area contributed by atoms with Gasteiger partial charge in [-0.3, -0.25) is 9.59 Å². The number of benzene rings is 1. The highest BCUT2D eigenvalue weighted by Gasteiger charge is 2.41. The molecule has 0 fully saturated rings. The average molecular weight is 499 g/mol. The number of halogens is 1. The van der Waals surface area contributed by atoms with Crippen molar-refractivity contribution in [3.05, 3.63) is 81.4 Å². The lowest BCUT2D eigenvalue weighted by Gasteiger charge is -2.37. The number of nitrogens with one attached hydrogen (secondary N) is 2. The summed E-state index contributed by atoms with van der Waals surface area (Å²) in [6, 6.07) is 10.6. The van der Waals surface area contributed by atoms with Crippen LogP contribution in [0.2, 0.25) is 5.02 Å². The Kier molecular flexibility index (Phi) is 6.91. The number of amidine groups is 1. The zero-order valence-corrected chi connectivity index (χ0v) is 21.1. The minimum Gasteiger partial charge on any atom is -0.467 e. The van der Waals surface area contributed by atoms with Crippen molar-refractivity contribution in [2.24, 2.45) is 4.99 Å². The highest BCUT2D eigenvalue weighted by Crippen LogP contribution is 2.44. The maximum absolute atomic E-state index is 13.4. The molecule has 2 N–H and O–H groups in total. The van der Waals surface area contributed by atoms with Crippen LogP contribution in [0.3, 0.4) is 0 Å². The standard InChI is InChI=1S/C25H27ClN4O3S/c1-15-21(23(32)29-25(2,3)4)22(16-7-9-17(26)10-8-16)30-18(14-34-24(30)28-15)12-20(31)27-13-19-6-5-11-33-19/h5-11,14,22H,12-13H2,1-4H3,(H,27,31)(H,29,32). The van der Waals surface area contributed by atoms with Crippen LogP contribution in [0.15, 0.2) is 74.4 Å². The van der Waals surface area contributed by atoms with E-state index >= 15 is 0 Å². The van der Waals surface area contributed by atoms with Gasteiger partial charge in [0.15, 0.2) is 5.17 Å². The summed E-state index contributed by atoms with van der Waals surface area (Å²) < 4.78 is 5.29. The first-order valence-corrected chi connectivity index (χ1v) is 12.2. The summed E-state index contributed by atoms with van der Waals surface area (Å²) in [7, 11) is 0. The van der Waals surface area contributed by atoms with Gasteiger partial charge in [0.1, 0.15) is 5.76 Å². The lowest BCUT2D eigenvalue weighted by atomic mass is 9.92. The molecule has 2 aromatic rings. The van der Waals surface area contributed by atoms with Gasteiger partial charge in [0.25, 0.3) is 5.91 Å². The van der Waals surface area contributed by atoms with Crippen LogP contribution < -0.4 is 10.6 Å². The van der Waals surface area contributed by atoms with Crippen molar-refractivity contribution < 1.29 is 14.0 Å². The number of fused-ring (bicyclic) bond motifs is 1. The zero-order valence-electron chi connectivity index (χ0n) is 19.5. The van der Waals surface area contributed by atoms with Gasteiger partial charge in [-0.05, 0) is 62.9 Å². The molecule has 1 unspecified atom stereocenters. The van der Waals surface area contributed by atoms with E-state index in [0.717, 1.165) is 16.4 Å². The Bertz CT molecular complexity index is 1180. The number of carbonyl (C=O) groups is 2. The van der Waals surface area contributed by atoms with E-state index in [1.54, 1.807) is 24.5 Å². The van der Waals surface area contributed by atoms with Gasteiger partial charge >= 0.3 is 0 Å². The van der Waals surface area contributed by atoms with Gasteiger partial charge in [0.05, 0.1) is 36.5 Å². The number of allylic oxidation sites excluding steroid dienone is 1. The van der Waals surface area contributed by atoms with E-state index in [2.05, 4.69) is 10.6 Å². The molecule has 0 spiro atoms. The molecule has 2 amide bonds. The van der Waals surface area contributed by atoms with Crippen molar-refractivity contribution in [2.75, 3.05) is 0 Å². The Morgan fingerprint density at radius 3 is 2.59 bits per heavy atom. The van der Waals surface area contributed by atoms with Crippen LogP contribution in [0, 0.1) is 0 Å². The zero-order chi connectivity index (χ0) is 24.5. The van der Waals surface area contributed by atoms with Crippen LogP contribution in [-0.2, 0) is 16.1 Å². The summed E-state index contributed by atoms with van der Waals surface area (Å²) >= 11 is 7.59. The molecule has 34 heavy (non-hydrogen) atoms. The van der Waals surface area contributed by atoms with Gasteiger partial charge in [-0.15, -0.1) is 0 Å². The minimum atomic E-state index is -0.439. The van der Waals surface area contributed by atoms with Gasteiger partial charge < -0.3 is 20.0 Å². The van der Waals surface area contributed by atoms with Crippen molar-refractivity contribution in [1.82, 2.24) is 15.5 Å². The second-order valence-electron chi connectivity index (χ2n) is 9.18. The smallest absolute Gasteiger partial charge is 0.251 e. The molecule has 2 aliphatic rings. The molecule has 1 aromatic heterocycles. The fourth-order valence-electron chi connectivity index (χ4n) is 3.85. The topological polar surface area (TPSA) is 86.9 Å². The normalized spacial score (nSPS) is 17.8. The maximum atomic E-state index is 13.4. The lowest BCUT2D eigenvalue weighted by molar-refractivity contribution is -0.121. The summed E-state index contributed by atoms with van der Waals surface area (Å²) in [6.45, 7) is 7.98. The van der Waals surface area contributed by atoms with Crippen LogP contribution in [0.4, 0.5) is 0 Å². The van der Waals surface area contributed by atoms with Gasteiger partial charge in [-0.1, -0.05) is 35.5 Å². The molecule has 4 rings (SSSR count). The fraction of sp³-hybridized carbons (Fsp3) is 0.320. The van der Waals surface area contributed by atoms with Gasteiger partial charge in [0.2, 0.25) is 5.91 Å². The largest absolute Gasteiger partial charge is 0.467 e. The first kappa shape index (κ1) is 24.2. The molecule has 0 saturated heterocycles. The van der Waals surface area contributed by atoms with Crippen LogP contribution in [0.1, 0.15) is 51.5 Å². The Hall–Kier alpha value is -2.97. The highest BCUT2D eigenvalue weighted by atomic mass is 35.5. The van der Waals surface area contributed by atoms with E-state index in [1.165, 1.54) is 11.8 Å². The van der Waals surface area contributed by atoms with Crippen molar-refractivity contribution in [3.63, 3.8) is 0 Å². The quantitative estimate of drug-likeness (QED) is 0.576. The molecule has 2 aliphatic heterocycles. The van der Waals surface area contributed by atoms with Gasteiger partial charge in [0, 0.05) is 16.3 Å². The number of aliphatic imine (C=N–C) groups is 1. The molecule has 7 nitrogen and oxygen atoms in total. The number of hydrogen-bond donors (Lipinski definition) is 2. The molecule has 1 atom stereocenters. The molecule has 0 saturated carbocycles. The van der Waals surface area contributed by atoms with E-state index in [9.17, 15) is 9.59 Å². The van der Waals surface area contributed by atoms with Crippen molar-refractivity contribution >= 4 is 40.3 Å². The molecule has 1 aromatic carbocycles. The first-order valence-electron chi connectivity index (χ1n) is 10.9. The predicted octanol–water partition coefficient (Wildman–Crippen LogP) is 5.13. The molecule has 0 bridgehead atoms. The number of hydrogen-bond acceptors (Lipinski definition) is 6. The third-order valence-corrected chi connectivity index (χ3v) is 6.44. The summed E-state index contributed by atoms with van der Waals surface area (Å²) in [4.78, 5) is 32.9. The summed E-state index contributed by atoms with van der Waals surface area (Å²) in [6.07, 6.45) is 1.72. The molecule has 0 aliphatic carbocycles. The molecule has 3 heterocycles. The van der Waals surface area contributed by atoms with E-state index < -0.39 is 11.6 Å². The highest BCUT2D eigenvalue weighted by molar-refractivity contribution is 8.16. The van der Waals surface area contributed by atoms with Crippen LogP contribution in [0.5, 0.6) is 0 Å². The minimum absolute atomic E-state index is 0.143. The monoisotopic (exact) mass is 498 g/mol. The molecular formula is C25H27ClN4O3S. The summed E-state index contributed by atoms with van der Waals surface area (Å²) in [5, 5.41) is 9.22. The molecule has 178 valence electrons. The van der Waals surface area contributed by atoms with Crippen molar-refractivity contribution in [1.29, 1.82) is 0 Å². The van der Waals surface area contributed by atoms with E-state index in [-0.39, 0.29) is 18.2 Å². The fourth-order valence-corrected chi connectivity index (χ4v) is 4.94. The Labute approximate surface area is 208 Å². The number of nitrogens with zero attached hydrogens (tertiary/aromatic N) is 2. The molecule has 0 radical (unpaired) electrons. The predicted molar refractivity (Wildman–Crippen MR) is 135 cm³/mol. The SMILES string of the molecule is CC1=C(C(=O)NC(C)(C)C)C(c2ccc(Cl)cc2)N2C(CC(=O)NCc3ccco3)=CSC2=N1. The van der Waals surface area contributed by atoms with E-state index in [4.69, 9.17) is 21.0 Å². The average Bonchev–Trinajstić information content (AvgIpc) is 3.41. The van der Waals surface area contributed by atoms with E-state index in [0.29, 0.717) is 28.6 Å². The number of thioether (sulfide) groups is 1. The van der Waals surface area contributed by atoms with Crippen LogP contribution >= 0.6 is 23.4 Å². The third kappa shape index (κ3) is 5.39. The third-order valence-electron chi connectivity index (χ3n) is 5.30. The van der Waals surface area contributed by atoms with Gasteiger partial charge in [-0.25, -0.2) is 4.99 Å².